The molecule has 0 atom stereocenters. The summed E-state index contributed by atoms with van der Waals surface area (Å²) in [5.74, 6) is -0.406. The van der Waals surface area contributed by atoms with Crippen molar-refractivity contribution < 1.29 is 13.9 Å². The Labute approximate surface area is 115 Å². The van der Waals surface area contributed by atoms with Crippen molar-refractivity contribution in [3.05, 3.63) is 63.9 Å². The SMILES string of the molecule is COc1ccc(C(=O)c2cccc(Cl)c2F)cc1C. The molecule has 0 N–H and O–H groups in total. The van der Waals surface area contributed by atoms with E-state index in [1.54, 1.807) is 31.4 Å². The maximum absolute atomic E-state index is 13.8. The molecule has 19 heavy (non-hydrogen) atoms. The molecule has 0 unspecified atom stereocenters. The molecular formula is C15H12ClFO2. The summed E-state index contributed by atoms with van der Waals surface area (Å²) in [7, 11) is 1.56. The number of hydrogen-bond donors (Lipinski definition) is 0. The van der Waals surface area contributed by atoms with Crippen LogP contribution in [0.15, 0.2) is 36.4 Å². The number of carbonyl (C=O) groups excluding carboxylic acids is 1. The summed E-state index contributed by atoms with van der Waals surface area (Å²) in [6.45, 7) is 1.82. The smallest absolute Gasteiger partial charge is 0.196 e. The number of methoxy groups -OCH3 is 1. The minimum absolute atomic E-state index is 0.0305. The van der Waals surface area contributed by atoms with E-state index < -0.39 is 11.6 Å². The molecule has 2 rings (SSSR count). The Morgan fingerprint density at radius 1 is 1.26 bits per heavy atom. The first kappa shape index (κ1) is 13.6. The molecule has 2 aromatic rings. The summed E-state index contributed by atoms with van der Waals surface area (Å²) >= 11 is 5.68. The van der Waals surface area contributed by atoms with E-state index in [-0.39, 0.29) is 10.6 Å². The van der Waals surface area contributed by atoms with Crippen LogP contribution in [0.25, 0.3) is 0 Å². The zero-order chi connectivity index (χ0) is 14.0. The highest BCUT2D eigenvalue weighted by atomic mass is 35.5. The quantitative estimate of drug-likeness (QED) is 0.793. The lowest BCUT2D eigenvalue weighted by molar-refractivity contribution is 0.103. The fourth-order valence-electron chi connectivity index (χ4n) is 1.85. The zero-order valence-electron chi connectivity index (χ0n) is 10.5. The van der Waals surface area contributed by atoms with E-state index >= 15 is 0 Å². The van der Waals surface area contributed by atoms with Gasteiger partial charge in [-0.25, -0.2) is 4.39 Å². The number of rotatable bonds is 3. The van der Waals surface area contributed by atoms with Crippen molar-refractivity contribution in [2.75, 3.05) is 7.11 Å². The molecule has 0 spiro atoms. The van der Waals surface area contributed by atoms with E-state index in [9.17, 15) is 9.18 Å². The first-order chi connectivity index (χ1) is 9.04. The number of benzene rings is 2. The third kappa shape index (κ3) is 2.61. The van der Waals surface area contributed by atoms with Crippen LogP contribution in [0, 0.1) is 12.7 Å². The van der Waals surface area contributed by atoms with Gasteiger partial charge < -0.3 is 4.74 Å². The van der Waals surface area contributed by atoms with Crippen LogP contribution < -0.4 is 4.74 Å². The molecule has 0 aromatic heterocycles. The Bertz CT molecular complexity index is 638. The fourth-order valence-corrected chi connectivity index (χ4v) is 2.03. The van der Waals surface area contributed by atoms with Gasteiger partial charge in [-0.3, -0.25) is 4.79 Å². The second-order valence-corrected chi connectivity index (χ2v) is 4.52. The molecule has 0 saturated heterocycles. The van der Waals surface area contributed by atoms with Crippen LogP contribution in [0.2, 0.25) is 5.02 Å². The Balaban J connectivity index is 2.44. The summed E-state index contributed by atoms with van der Waals surface area (Å²) < 4.78 is 18.9. The van der Waals surface area contributed by atoms with E-state index in [1.165, 1.54) is 12.1 Å². The molecule has 2 nitrogen and oxygen atoms in total. The van der Waals surface area contributed by atoms with Crippen LogP contribution in [0.4, 0.5) is 4.39 Å². The summed E-state index contributed by atoms with van der Waals surface area (Å²) in [6, 6.07) is 9.34. The van der Waals surface area contributed by atoms with Gasteiger partial charge in [0.15, 0.2) is 11.6 Å². The van der Waals surface area contributed by atoms with E-state index in [2.05, 4.69) is 0 Å². The van der Waals surface area contributed by atoms with Crippen molar-refractivity contribution in [1.82, 2.24) is 0 Å². The van der Waals surface area contributed by atoms with Crippen molar-refractivity contribution in [3.63, 3.8) is 0 Å². The Morgan fingerprint density at radius 3 is 2.63 bits per heavy atom. The molecule has 0 aliphatic carbocycles. The van der Waals surface area contributed by atoms with Gasteiger partial charge in [-0.1, -0.05) is 17.7 Å². The van der Waals surface area contributed by atoms with Crippen LogP contribution in [0.3, 0.4) is 0 Å². The van der Waals surface area contributed by atoms with Crippen LogP contribution in [0.1, 0.15) is 21.5 Å². The lowest BCUT2D eigenvalue weighted by atomic mass is 10.0. The number of hydrogen-bond acceptors (Lipinski definition) is 2. The van der Waals surface area contributed by atoms with Gasteiger partial charge >= 0.3 is 0 Å². The molecule has 98 valence electrons. The number of ether oxygens (including phenoxy) is 1. The van der Waals surface area contributed by atoms with Gasteiger partial charge in [-0.15, -0.1) is 0 Å². The highest BCUT2D eigenvalue weighted by molar-refractivity contribution is 6.31. The highest BCUT2D eigenvalue weighted by Gasteiger charge is 2.16. The van der Waals surface area contributed by atoms with E-state index in [1.807, 2.05) is 6.92 Å². The molecule has 0 bridgehead atoms. The van der Waals surface area contributed by atoms with E-state index in [0.29, 0.717) is 11.3 Å². The van der Waals surface area contributed by atoms with Crippen LogP contribution in [-0.4, -0.2) is 12.9 Å². The maximum Gasteiger partial charge on any atom is 0.196 e. The molecular weight excluding hydrogens is 267 g/mol. The van der Waals surface area contributed by atoms with Crippen molar-refractivity contribution in [1.29, 1.82) is 0 Å². The molecule has 0 fully saturated rings. The van der Waals surface area contributed by atoms with Gasteiger partial charge in [0.2, 0.25) is 0 Å². The van der Waals surface area contributed by atoms with Gasteiger partial charge in [-0.2, -0.15) is 0 Å². The Kier molecular flexibility index (Phi) is 3.86. The van der Waals surface area contributed by atoms with Crippen molar-refractivity contribution in [2.24, 2.45) is 0 Å². The van der Waals surface area contributed by atoms with E-state index in [4.69, 9.17) is 16.3 Å². The molecule has 0 saturated carbocycles. The summed E-state index contributed by atoms with van der Waals surface area (Å²) in [4.78, 5) is 12.2. The zero-order valence-corrected chi connectivity index (χ0v) is 11.3. The fraction of sp³-hybridized carbons (Fsp3) is 0.133. The van der Waals surface area contributed by atoms with Gasteiger partial charge in [0.1, 0.15) is 5.75 Å². The maximum atomic E-state index is 13.8. The predicted octanol–water partition coefficient (Wildman–Crippen LogP) is 4.03. The minimum atomic E-state index is -0.692. The number of halogens is 2. The van der Waals surface area contributed by atoms with Gasteiger partial charge in [0, 0.05) is 5.56 Å². The largest absolute Gasteiger partial charge is 0.496 e. The lowest BCUT2D eigenvalue weighted by Gasteiger charge is -2.08. The topological polar surface area (TPSA) is 26.3 Å². The molecule has 0 aliphatic rings. The first-order valence-electron chi connectivity index (χ1n) is 5.68. The minimum Gasteiger partial charge on any atom is -0.496 e. The van der Waals surface area contributed by atoms with Crippen molar-refractivity contribution >= 4 is 17.4 Å². The number of ketones is 1. The molecule has 0 heterocycles. The average Bonchev–Trinajstić information content (AvgIpc) is 2.41. The molecule has 0 amide bonds. The Hall–Kier alpha value is -1.87. The van der Waals surface area contributed by atoms with E-state index in [0.717, 1.165) is 5.56 Å². The molecule has 0 radical (unpaired) electrons. The van der Waals surface area contributed by atoms with Crippen LogP contribution >= 0.6 is 11.6 Å². The lowest BCUT2D eigenvalue weighted by Crippen LogP contribution is -2.05. The third-order valence-corrected chi connectivity index (χ3v) is 3.15. The van der Waals surface area contributed by atoms with Gasteiger partial charge in [0.25, 0.3) is 0 Å². The van der Waals surface area contributed by atoms with Crippen LogP contribution in [-0.2, 0) is 0 Å². The van der Waals surface area contributed by atoms with Crippen molar-refractivity contribution in [2.45, 2.75) is 6.92 Å². The number of carbonyl (C=O) groups is 1. The first-order valence-corrected chi connectivity index (χ1v) is 6.05. The molecule has 4 heteroatoms. The van der Waals surface area contributed by atoms with Crippen LogP contribution in [0.5, 0.6) is 5.75 Å². The monoisotopic (exact) mass is 278 g/mol. The predicted molar refractivity (Wildman–Crippen MR) is 72.6 cm³/mol. The standard InChI is InChI=1S/C15H12ClFO2/c1-9-8-10(6-7-13(9)19-2)15(18)11-4-3-5-12(16)14(11)17/h3-8H,1-2H3. The summed E-state index contributed by atoms with van der Waals surface area (Å²) in [5.41, 5.74) is 1.19. The van der Waals surface area contributed by atoms with Gasteiger partial charge in [0.05, 0.1) is 17.7 Å². The second kappa shape index (κ2) is 5.41. The Morgan fingerprint density at radius 2 is 2.00 bits per heavy atom. The summed E-state index contributed by atoms with van der Waals surface area (Å²) in [5, 5.41) is -0.0592. The normalized spacial score (nSPS) is 10.3. The van der Waals surface area contributed by atoms with Crippen molar-refractivity contribution in [3.8, 4) is 5.75 Å². The third-order valence-electron chi connectivity index (χ3n) is 2.85. The molecule has 0 aliphatic heterocycles. The van der Waals surface area contributed by atoms with Gasteiger partial charge in [-0.05, 0) is 42.8 Å². The highest BCUT2D eigenvalue weighted by Crippen LogP contribution is 2.23. The number of aryl methyl sites for hydroxylation is 1. The summed E-state index contributed by atoms with van der Waals surface area (Å²) in [6.07, 6.45) is 0. The second-order valence-electron chi connectivity index (χ2n) is 4.11. The molecule has 2 aromatic carbocycles. The average molecular weight is 279 g/mol.